The second kappa shape index (κ2) is 6.95. The van der Waals surface area contributed by atoms with Crippen LogP contribution in [0.25, 0.3) is 10.9 Å². The van der Waals surface area contributed by atoms with Crippen molar-refractivity contribution in [2.24, 2.45) is 17.8 Å². The predicted molar refractivity (Wildman–Crippen MR) is 116 cm³/mol. The first-order valence-electron chi connectivity index (χ1n) is 10.9. The van der Waals surface area contributed by atoms with Crippen LogP contribution in [0, 0.1) is 17.8 Å². The fraction of sp³-hybridized carbons (Fsp3) is 0.360. The van der Waals surface area contributed by atoms with Crippen molar-refractivity contribution in [3.63, 3.8) is 0 Å². The van der Waals surface area contributed by atoms with Crippen LogP contribution in [0.3, 0.4) is 0 Å². The summed E-state index contributed by atoms with van der Waals surface area (Å²) in [7, 11) is 1.60. The van der Waals surface area contributed by atoms with Crippen molar-refractivity contribution < 1.29 is 19.1 Å². The van der Waals surface area contributed by atoms with E-state index in [-0.39, 0.29) is 17.6 Å². The third-order valence-electron chi connectivity index (χ3n) is 7.24. The third kappa shape index (κ3) is 2.89. The summed E-state index contributed by atoms with van der Waals surface area (Å²) in [5.74, 6) is 1.89. The average Bonchev–Trinajstić information content (AvgIpc) is 3.29. The lowest BCUT2D eigenvalue weighted by Gasteiger charge is -2.14. The average molecular weight is 416 g/mol. The van der Waals surface area contributed by atoms with Gasteiger partial charge < -0.3 is 19.8 Å². The molecular formula is C25H24N2O4. The Kier molecular flexibility index (Phi) is 4.18. The molecule has 0 bridgehead atoms. The number of aromatic amines is 1. The van der Waals surface area contributed by atoms with Gasteiger partial charge in [0.15, 0.2) is 5.78 Å². The summed E-state index contributed by atoms with van der Waals surface area (Å²) in [6.45, 7) is 1.99. The first-order valence-corrected chi connectivity index (χ1v) is 10.9. The standard InChI is InChI=1S/C25H24N2O4/c1-26-25(29)18-8-13(23(28)9-16-19-10-30-11-20(16)19)7-17-21(12-31-24(17)18)14-3-2-4-22-15(14)5-6-27-22/h2-8,16,19-21,27H,9-12H2,1H3,(H,26,29)/t16?,19-,20+,21-/m1/s1. The topological polar surface area (TPSA) is 80.4 Å². The van der Waals surface area contributed by atoms with E-state index in [1.807, 2.05) is 24.4 Å². The van der Waals surface area contributed by atoms with Gasteiger partial charge in [0, 0.05) is 47.6 Å². The van der Waals surface area contributed by atoms with Crippen molar-refractivity contribution in [2.75, 3.05) is 26.9 Å². The van der Waals surface area contributed by atoms with Crippen LogP contribution in [0.15, 0.2) is 42.6 Å². The van der Waals surface area contributed by atoms with E-state index in [1.54, 1.807) is 13.1 Å². The number of nitrogens with one attached hydrogen (secondary N) is 2. The van der Waals surface area contributed by atoms with Crippen LogP contribution < -0.4 is 10.1 Å². The molecule has 158 valence electrons. The molecule has 1 saturated heterocycles. The van der Waals surface area contributed by atoms with E-state index in [4.69, 9.17) is 9.47 Å². The lowest BCUT2D eigenvalue weighted by Crippen LogP contribution is -2.19. The maximum Gasteiger partial charge on any atom is 0.254 e. The molecule has 1 aliphatic carbocycles. The van der Waals surface area contributed by atoms with Gasteiger partial charge in [-0.3, -0.25) is 9.59 Å². The monoisotopic (exact) mass is 416 g/mol. The zero-order valence-electron chi connectivity index (χ0n) is 17.3. The number of ketones is 1. The Morgan fingerprint density at radius 2 is 1.94 bits per heavy atom. The van der Waals surface area contributed by atoms with Gasteiger partial charge in [-0.15, -0.1) is 0 Å². The minimum atomic E-state index is -0.233. The summed E-state index contributed by atoms with van der Waals surface area (Å²) in [6.07, 6.45) is 2.45. The summed E-state index contributed by atoms with van der Waals surface area (Å²) in [5.41, 5.74) is 4.15. The minimum absolute atomic E-state index is 0.0284. The lowest BCUT2D eigenvalue weighted by atomic mass is 9.87. The van der Waals surface area contributed by atoms with E-state index in [1.165, 1.54) is 0 Å². The molecule has 3 aromatic rings. The lowest BCUT2D eigenvalue weighted by molar-refractivity contribution is 0.0950. The molecule has 6 heteroatoms. The van der Waals surface area contributed by atoms with Gasteiger partial charge >= 0.3 is 0 Å². The van der Waals surface area contributed by atoms with Crippen molar-refractivity contribution in [3.05, 3.63) is 64.8 Å². The van der Waals surface area contributed by atoms with Crippen LogP contribution in [-0.4, -0.2) is 43.5 Å². The Balaban J connectivity index is 1.40. The number of carbonyl (C=O) groups excluding carboxylic acids is 2. The quantitative estimate of drug-likeness (QED) is 0.624. The number of rotatable bonds is 5. The van der Waals surface area contributed by atoms with Crippen molar-refractivity contribution in [1.82, 2.24) is 10.3 Å². The predicted octanol–water partition coefficient (Wildman–Crippen LogP) is 3.52. The number of aromatic nitrogens is 1. The molecule has 4 atom stereocenters. The normalized spacial score (nSPS) is 25.7. The van der Waals surface area contributed by atoms with E-state index >= 15 is 0 Å². The van der Waals surface area contributed by atoms with Crippen LogP contribution >= 0.6 is 0 Å². The minimum Gasteiger partial charge on any atom is -0.491 e. The molecule has 6 rings (SSSR count). The van der Waals surface area contributed by atoms with Crippen LogP contribution in [0.5, 0.6) is 5.75 Å². The summed E-state index contributed by atoms with van der Waals surface area (Å²) >= 11 is 0. The maximum absolute atomic E-state index is 13.2. The fourth-order valence-corrected chi connectivity index (χ4v) is 5.46. The Hall–Kier alpha value is -3.12. The second-order valence-electron chi connectivity index (χ2n) is 8.83. The number of amides is 1. The van der Waals surface area contributed by atoms with Gasteiger partial charge in [-0.1, -0.05) is 12.1 Å². The summed E-state index contributed by atoms with van der Waals surface area (Å²) in [6, 6.07) is 11.9. The number of hydrogen-bond donors (Lipinski definition) is 2. The first kappa shape index (κ1) is 18.6. The molecule has 2 fully saturated rings. The molecule has 31 heavy (non-hydrogen) atoms. The van der Waals surface area contributed by atoms with E-state index < -0.39 is 0 Å². The molecular weight excluding hydrogens is 392 g/mol. The number of ether oxygens (including phenoxy) is 2. The third-order valence-corrected chi connectivity index (χ3v) is 7.24. The number of benzene rings is 2. The SMILES string of the molecule is CNC(=O)c1cc(C(=O)CC2[C@H]3COC[C@@H]23)cc2c1OC[C@@H]2c1cccc2[nH]ccc12. The number of Topliss-reactive ketones (excluding diaryl/α,β-unsaturated/α-hetero) is 1. The van der Waals surface area contributed by atoms with Gasteiger partial charge in [0.05, 0.1) is 25.4 Å². The molecule has 6 nitrogen and oxygen atoms in total. The van der Waals surface area contributed by atoms with Crippen molar-refractivity contribution in [3.8, 4) is 5.75 Å². The molecule has 0 spiro atoms. The van der Waals surface area contributed by atoms with Crippen molar-refractivity contribution >= 4 is 22.6 Å². The molecule has 1 amide bonds. The number of H-pyrrole nitrogens is 1. The van der Waals surface area contributed by atoms with Gasteiger partial charge in [-0.05, 0) is 47.6 Å². The summed E-state index contributed by atoms with van der Waals surface area (Å²) in [5, 5.41) is 3.82. The number of hydrogen-bond acceptors (Lipinski definition) is 4. The van der Waals surface area contributed by atoms with Crippen LogP contribution in [0.2, 0.25) is 0 Å². The number of carbonyl (C=O) groups is 2. The van der Waals surface area contributed by atoms with E-state index in [0.29, 0.717) is 47.7 Å². The highest BCUT2D eigenvalue weighted by Gasteiger charge is 2.54. The summed E-state index contributed by atoms with van der Waals surface area (Å²) < 4.78 is 11.5. The molecule has 2 N–H and O–H groups in total. The van der Waals surface area contributed by atoms with E-state index in [2.05, 4.69) is 22.4 Å². The zero-order valence-corrected chi connectivity index (χ0v) is 17.3. The van der Waals surface area contributed by atoms with Crippen LogP contribution in [-0.2, 0) is 4.74 Å². The van der Waals surface area contributed by atoms with Gasteiger partial charge in [0.25, 0.3) is 5.91 Å². The molecule has 2 aromatic carbocycles. The molecule has 2 aliphatic heterocycles. The van der Waals surface area contributed by atoms with Crippen LogP contribution in [0.4, 0.5) is 0 Å². The zero-order chi connectivity index (χ0) is 21.1. The highest BCUT2D eigenvalue weighted by molar-refractivity contribution is 6.03. The Morgan fingerprint density at radius 3 is 2.74 bits per heavy atom. The van der Waals surface area contributed by atoms with E-state index in [9.17, 15) is 9.59 Å². The first-order chi connectivity index (χ1) is 15.2. The van der Waals surface area contributed by atoms with Gasteiger partial charge in [0.1, 0.15) is 5.75 Å². The molecule has 3 aliphatic rings. The summed E-state index contributed by atoms with van der Waals surface area (Å²) in [4.78, 5) is 29.1. The van der Waals surface area contributed by atoms with Gasteiger partial charge in [-0.2, -0.15) is 0 Å². The largest absolute Gasteiger partial charge is 0.491 e. The van der Waals surface area contributed by atoms with Crippen molar-refractivity contribution in [2.45, 2.75) is 12.3 Å². The van der Waals surface area contributed by atoms with Crippen molar-refractivity contribution in [1.29, 1.82) is 0 Å². The Morgan fingerprint density at radius 1 is 1.10 bits per heavy atom. The fourth-order valence-electron chi connectivity index (χ4n) is 5.46. The maximum atomic E-state index is 13.2. The number of fused-ring (bicyclic) bond motifs is 3. The molecule has 1 saturated carbocycles. The molecule has 1 unspecified atom stereocenters. The smallest absolute Gasteiger partial charge is 0.254 e. The Labute approximate surface area is 179 Å². The second-order valence-corrected chi connectivity index (χ2v) is 8.83. The molecule has 3 heterocycles. The molecule has 1 aromatic heterocycles. The highest BCUT2D eigenvalue weighted by atomic mass is 16.5. The molecule has 0 radical (unpaired) electrons. The van der Waals surface area contributed by atoms with Crippen LogP contribution in [0.1, 0.15) is 44.2 Å². The Bertz CT molecular complexity index is 1200. The van der Waals surface area contributed by atoms with E-state index in [0.717, 1.165) is 35.2 Å². The van der Waals surface area contributed by atoms with Gasteiger partial charge in [-0.25, -0.2) is 0 Å². The highest BCUT2D eigenvalue weighted by Crippen LogP contribution is 2.53. The van der Waals surface area contributed by atoms with Gasteiger partial charge in [0.2, 0.25) is 0 Å².